The van der Waals surface area contributed by atoms with Crippen LogP contribution in [0.25, 0.3) is 11.1 Å². The van der Waals surface area contributed by atoms with E-state index in [1.54, 1.807) is 6.26 Å². The molecule has 2 aromatic heterocycles. The summed E-state index contributed by atoms with van der Waals surface area (Å²) in [5.41, 5.74) is 3.14. The van der Waals surface area contributed by atoms with Gasteiger partial charge in [0.15, 0.2) is 11.4 Å². The number of nitrogens with one attached hydrogen (secondary N) is 2. The van der Waals surface area contributed by atoms with Crippen LogP contribution in [0.2, 0.25) is 5.02 Å². The molecule has 188 valence electrons. The Balaban J connectivity index is 1.29. The second kappa shape index (κ2) is 10.9. The van der Waals surface area contributed by atoms with E-state index in [1.165, 1.54) is 0 Å². The van der Waals surface area contributed by atoms with Gasteiger partial charge in [-0.2, -0.15) is 4.98 Å². The van der Waals surface area contributed by atoms with Crippen LogP contribution in [-0.2, 0) is 4.74 Å². The highest BCUT2D eigenvalue weighted by atomic mass is 35.5. The molecule has 2 saturated heterocycles. The van der Waals surface area contributed by atoms with E-state index in [4.69, 9.17) is 25.7 Å². The van der Waals surface area contributed by atoms with Crippen molar-refractivity contribution in [3.05, 3.63) is 35.6 Å². The number of ether oxygens (including phenoxy) is 1. The quantitative estimate of drug-likeness (QED) is 0.461. The fourth-order valence-corrected chi connectivity index (χ4v) is 4.94. The molecule has 2 aliphatic heterocycles. The number of alkyl halides is 2. The number of halogens is 3. The van der Waals surface area contributed by atoms with Crippen molar-refractivity contribution in [1.82, 2.24) is 15.3 Å². The molecule has 11 heteroatoms. The predicted octanol–water partition coefficient (Wildman–Crippen LogP) is 4.53. The van der Waals surface area contributed by atoms with Gasteiger partial charge in [0.05, 0.1) is 36.7 Å². The van der Waals surface area contributed by atoms with Crippen LogP contribution < -0.4 is 20.4 Å². The lowest BCUT2D eigenvalue weighted by Gasteiger charge is -2.33. The third-order valence-corrected chi connectivity index (χ3v) is 6.79. The summed E-state index contributed by atoms with van der Waals surface area (Å²) in [4.78, 5) is 13.8. The molecule has 1 aromatic carbocycles. The van der Waals surface area contributed by atoms with Gasteiger partial charge in [-0.05, 0) is 43.5 Å². The average molecular weight is 507 g/mol. The largest absolute Gasteiger partial charge is 0.459 e. The van der Waals surface area contributed by atoms with Gasteiger partial charge in [0.25, 0.3) is 6.43 Å². The van der Waals surface area contributed by atoms with Gasteiger partial charge in [0.2, 0.25) is 5.95 Å². The predicted molar refractivity (Wildman–Crippen MR) is 133 cm³/mol. The van der Waals surface area contributed by atoms with Crippen LogP contribution in [-0.4, -0.2) is 68.9 Å². The Morgan fingerprint density at radius 2 is 1.86 bits per heavy atom. The molecule has 0 saturated carbocycles. The van der Waals surface area contributed by atoms with Crippen molar-refractivity contribution in [1.29, 1.82) is 0 Å². The smallest absolute Gasteiger partial charge is 0.250 e. The van der Waals surface area contributed by atoms with E-state index in [-0.39, 0.29) is 6.54 Å². The Morgan fingerprint density at radius 3 is 2.60 bits per heavy atom. The molecule has 2 aliphatic rings. The number of hydrogen-bond donors (Lipinski definition) is 2. The zero-order chi connectivity index (χ0) is 24.2. The van der Waals surface area contributed by atoms with E-state index in [2.05, 4.69) is 25.4 Å². The fraction of sp³-hybridized carbons (Fsp3) is 0.500. The first kappa shape index (κ1) is 24.0. The number of anilines is 4. The Hall–Kier alpha value is -2.69. The van der Waals surface area contributed by atoms with Gasteiger partial charge >= 0.3 is 0 Å². The lowest BCUT2D eigenvalue weighted by molar-refractivity contribution is 0.122. The van der Waals surface area contributed by atoms with E-state index in [0.29, 0.717) is 47.7 Å². The van der Waals surface area contributed by atoms with Gasteiger partial charge in [0.1, 0.15) is 5.52 Å². The third-order valence-electron chi connectivity index (χ3n) is 6.49. The summed E-state index contributed by atoms with van der Waals surface area (Å²) in [6, 6.07) is 7.67. The summed E-state index contributed by atoms with van der Waals surface area (Å²) >= 11 is 6.59. The summed E-state index contributed by atoms with van der Waals surface area (Å²) in [5.74, 6) is 1.56. The summed E-state index contributed by atoms with van der Waals surface area (Å²) < 4.78 is 35.9. The Morgan fingerprint density at radius 1 is 1.06 bits per heavy atom. The van der Waals surface area contributed by atoms with E-state index >= 15 is 0 Å². The summed E-state index contributed by atoms with van der Waals surface area (Å²) in [6.45, 7) is 4.91. The highest BCUT2D eigenvalue weighted by molar-refractivity contribution is 6.33. The minimum absolute atomic E-state index is 0.258. The normalized spacial score (nSPS) is 17.5. The minimum Gasteiger partial charge on any atom is -0.459 e. The number of benzene rings is 1. The van der Waals surface area contributed by atoms with Crippen LogP contribution >= 0.6 is 11.6 Å². The first-order chi connectivity index (χ1) is 17.1. The van der Waals surface area contributed by atoms with Crippen LogP contribution in [0.5, 0.6) is 0 Å². The minimum atomic E-state index is -2.32. The van der Waals surface area contributed by atoms with Gasteiger partial charge in [-0.1, -0.05) is 11.6 Å². The van der Waals surface area contributed by atoms with E-state index in [1.807, 2.05) is 24.3 Å². The molecular formula is C24H29ClF2N6O2. The highest BCUT2D eigenvalue weighted by Crippen LogP contribution is 2.33. The maximum absolute atomic E-state index is 12.4. The maximum Gasteiger partial charge on any atom is 0.250 e. The van der Waals surface area contributed by atoms with Crippen molar-refractivity contribution in [3.63, 3.8) is 0 Å². The van der Waals surface area contributed by atoms with Crippen LogP contribution in [0.1, 0.15) is 12.8 Å². The van der Waals surface area contributed by atoms with Gasteiger partial charge < -0.3 is 29.6 Å². The van der Waals surface area contributed by atoms with Crippen molar-refractivity contribution in [2.45, 2.75) is 19.3 Å². The third kappa shape index (κ3) is 5.76. The standard InChI is InChI=1S/C24H29ClF2N6O2/c25-18-13-17(1-2-20(18)32-8-11-34-12-9-32)29-24-30-19-5-10-35-22(19)23(31-24)33-6-3-16(4-7-33)14-28-15-21(26)27/h1-2,5,10,13,16,21,28H,3-4,6-9,11-12,14-15H2,(H,29,30,31). The number of hydrogen-bond acceptors (Lipinski definition) is 8. The summed E-state index contributed by atoms with van der Waals surface area (Å²) in [7, 11) is 0. The molecule has 2 N–H and O–H groups in total. The van der Waals surface area contributed by atoms with Crippen LogP contribution in [0.4, 0.5) is 31.9 Å². The van der Waals surface area contributed by atoms with E-state index in [9.17, 15) is 8.78 Å². The zero-order valence-corrected chi connectivity index (χ0v) is 20.1. The molecule has 0 amide bonds. The number of furan rings is 1. The second-order valence-corrected chi connectivity index (χ2v) is 9.28. The molecule has 35 heavy (non-hydrogen) atoms. The fourth-order valence-electron chi connectivity index (χ4n) is 4.64. The molecule has 3 aromatic rings. The number of aromatic nitrogens is 2. The van der Waals surface area contributed by atoms with Crippen molar-refractivity contribution in [2.75, 3.05) is 67.6 Å². The molecule has 2 fully saturated rings. The zero-order valence-electron chi connectivity index (χ0n) is 19.4. The van der Waals surface area contributed by atoms with E-state index in [0.717, 1.165) is 56.2 Å². The summed E-state index contributed by atoms with van der Waals surface area (Å²) in [6.07, 6.45) is 1.08. The first-order valence-corrected chi connectivity index (χ1v) is 12.3. The van der Waals surface area contributed by atoms with Gasteiger partial charge in [-0.15, -0.1) is 0 Å². The molecule has 0 aliphatic carbocycles. The molecule has 0 spiro atoms. The van der Waals surface area contributed by atoms with E-state index < -0.39 is 6.43 Å². The topological polar surface area (TPSA) is 78.7 Å². The van der Waals surface area contributed by atoms with Crippen molar-refractivity contribution in [2.24, 2.45) is 5.92 Å². The van der Waals surface area contributed by atoms with Gasteiger partial charge in [-0.25, -0.2) is 13.8 Å². The lowest BCUT2D eigenvalue weighted by Crippen LogP contribution is -2.38. The Kier molecular flexibility index (Phi) is 7.50. The SMILES string of the molecule is FC(F)CNCC1CCN(c2nc(Nc3ccc(N4CCOCC4)c(Cl)c3)nc3ccoc23)CC1. The van der Waals surface area contributed by atoms with Crippen LogP contribution in [0.15, 0.2) is 34.9 Å². The molecule has 4 heterocycles. The van der Waals surface area contributed by atoms with Crippen molar-refractivity contribution < 1.29 is 17.9 Å². The molecule has 0 atom stereocenters. The van der Waals surface area contributed by atoms with Crippen molar-refractivity contribution >= 4 is 45.8 Å². The first-order valence-electron chi connectivity index (χ1n) is 11.9. The molecule has 5 rings (SSSR count). The number of nitrogens with zero attached hydrogens (tertiary/aromatic N) is 4. The van der Waals surface area contributed by atoms with Crippen LogP contribution in [0, 0.1) is 5.92 Å². The number of rotatable bonds is 8. The highest BCUT2D eigenvalue weighted by Gasteiger charge is 2.24. The number of morpholine rings is 1. The molecule has 0 unspecified atom stereocenters. The Labute approximate surface area is 207 Å². The molecule has 0 bridgehead atoms. The summed E-state index contributed by atoms with van der Waals surface area (Å²) in [5, 5.41) is 6.80. The maximum atomic E-state index is 12.4. The number of fused-ring (bicyclic) bond motifs is 1. The number of piperidine rings is 1. The lowest BCUT2D eigenvalue weighted by atomic mass is 9.97. The molecular weight excluding hydrogens is 478 g/mol. The monoisotopic (exact) mass is 506 g/mol. The molecule has 8 nitrogen and oxygen atoms in total. The van der Waals surface area contributed by atoms with Crippen LogP contribution in [0.3, 0.4) is 0 Å². The Bertz CT molecular complexity index is 1130. The van der Waals surface area contributed by atoms with Gasteiger partial charge in [-0.3, -0.25) is 0 Å². The second-order valence-electron chi connectivity index (χ2n) is 8.88. The van der Waals surface area contributed by atoms with Gasteiger partial charge in [0, 0.05) is 37.9 Å². The average Bonchev–Trinajstić information content (AvgIpc) is 3.33. The van der Waals surface area contributed by atoms with Crippen molar-refractivity contribution in [3.8, 4) is 0 Å². The molecule has 0 radical (unpaired) electrons.